The van der Waals surface area contributed by atoms with Crippen LogP contribution in [-0.4, -0.2) is 56.5 Å². The molecule has 2 rings (SSSR count). The van der Waals surface area contributed by atoms with E-state index in [0.29, 0.717) is 12.0 Å². The second-order valence-electron chi connectivity index (χ2n) is 6.18. The number of hydrogen-bond acceptors (Lipinski definition) is 5. The molecule has 1 saturated heterocycles. The van der Waals surface area contributed by atoms with Gasteiger partial charge in [-0.25, -0.2) is 0 Å². The monoisotopic (exact) mass is 294 g/mol. The molecule has 21 heavy (non-hydrogen) atoms. The Kier molecular flexibility index (Phi) is 4.29. The normalized spacial score (nSPS) is 36.5. The van der Waals surface area contributed by atoms with Gasteiger partial charge in [0.2, 0.25) is 0 Å². The third-order valence-corrected chi connectivity index (χ3v) is 3.80. The number of fused-ring (bicyclic) bond motifs is 1. The molecule has 5 atom stereocenters. The molecule has 0 aromatic carbocycles. The predicted molar refractivity (Wildman–Crippen MR) is 77.2 cm³/mol. The Bertz CT molecular complexity index is 533. The maximum absolute atomic E-state index is 10.4. The van der Waals surface area contributed by atoms with Gasteiger partial charge in [-0.1, -0.05) is 23.5 Å². The molecule has 1 heterocycles. The van der Waals surface area contributed by atoms with Crippen LogP contribution < -0.4 is 0 Å². The third-order valence-electron chi connectivity index (χ3n) is 3.80. The quantitative estimate of drug-likeness (QED) is 0.331. The Morgan fingerprint density at radius 3 is 2.71 bits per heavy atom. The summed E-state index contributed by atoms with van der Waals surface area (Å²) in [6.45, 7) is 4.78. The molecule has 1 aliphatic carbocycles. The van der Waals surface area contributed by atoms with Crippen molar-refractivity contribution in [2.75, 3.05) is 6.61 Å². The molecule has 5 heteroatoms. The minimum atomic E-state index is -1.54. The lowest BCUT2D eigenvalue weighted by molar-refractivity contribution is 0.0517. The smallest absolute Gasteiger partial charge is 0.145 e. The lowest BCUT2D eigenvalue weighted by Crippen LogP contribution is -2.40. The lowest BCUT2D eigenvalue weighted by atomic mass is 9.82. The summed E-state index contributed by atoms with van der Waals surface area (Å²) in [5.41, 5.74) is -0.960. The van der Waals surface area contributed by atoms with Gasteiger partial charge >= 0.3 is 0 Å². The summed E-state index contributed by atoms with van der Waals surface area (Å²) in [5.74, 6) is 5.15. The van der Waals surface area contributed by atoms with Crippen LogP contribution in [-0.2, 0) is 4.74 Å². The molecule has 0 aromatic rings. The van der Waals surface area contributed by atoms with E-state index in [1.807, 2.05) is 19.9 Å². The number of aliphatic hydroxyl groups excluding tert-OH is 3. The van der Waals surface area contributed by atoms with E-state index < -0.39 is 36.1 Å². The largest absolute Gasteiger partial charge is 0.392 e. The zero-order chi connectivity index (χ0) is 15.8. The van der Waals surface area contributed by atoms with Crippen LogP contribution in [0.5, 0.6) is 0 Å². The third kappa shape index (κ3) is 3.20. The molecule has 5 nitrogen and oxygen atoms in total. The van der Waals surface area contributed by atoms with Crippen molar-refractivity contribution in [1.82, 2.24) is 0 Å². The Balaban J connectivity index is 2.23. The topological polar surface area (TPSA) is 93.5 Å². The van der Waals surface area contributed by atoms with Gasteiger partial charge in [0, 0.05) is 12.0 Å². The van der Waals surface area contributed by atoms with Crippen LogP contribution >= 0.6 is 0 Å². The van der Waals surface area contributed by atoms with Crippen molar-refractivity contribution in [1.29, 1.82) is 0 Å². The lowest BCUT2D eigenvalue weighted by Gasteiger charge is -2.24. The fraction of sp³-hybridized carbons (Fsp3) is 0.625. The maximum Gasteiger partial charge on any atom is 0.145 e. The Morgan fingerprint density at radius 2 is 2.14 bits per heavy atom. The van der Waals surface area contributed by atoms with Gasteiger partial charge in [-0.3, -0.25) is 0 Å². The van der Waals surface area contributed by atoms with Gasteiger partial charge in [0.05, 0.1) is 6.61 Å². The second kappa shape index (κ2) is 5.56. The summed E-state index contributed by atoms with van der Waals surface area (Å²) in [7, 11) is 0. The highest BCUT2D eigenvalue weighted by Crippen LogP contribution is 2.50. The first-order valence-corrected chi connectivity index (χ1v) is 6.97. The van der Waals surface area contributed by atoms with Gasteiger partial charge in [0.25, 0.3) is 0 Å². The Hall–Kier alpha value is -1.16. The number of ether oxygens (including phenoxy) is 1. The van der Waals surface area contributed by atoms with E-state index in [0.717, 1.165) is 5.57 Å². The van der Waals surface area contributed by atoms with Crippen LogP contribution in [0.4, 0.5) is 0 Å². The van der Waals surface area contributed by atoms with Crippen molar-refractivity contribution in [3.8, 4) is 11.8 Å². The molecule has 0 spiro atoms. The van der Waals surface area contributed by atoms with Crippen molar-refractivity contribution in [2.24, 2.45) is 0 Å². The highest BCUT2D eigenvalue weighted by atomic mass is 16.6. The molecule has 0 saturated carbocycles. The zero-order valence-corrected chi connectivity index (χ0v) is 12.5. The summed E-state index contributed by atoms with van der Waals surface area (Å²) in [4.78, 5) is 0. The number of allylic oxidation sites excluding steroid dienone is 1. The van der Waals surface area contributed by atoms with Crippen molar-refractivity contribution >= 4 is 0 Å². The van der Waals surface area contributed by atoms with E-state index in [9.17, 15) is 15.3 Å². The highest BCUT2D eigenvalue weighted by Gasteiger charge is 2.65. The summed E-state index contributed by atoms with van der Waals surface area (Å²) in [6.07, 6.45) is 1.69. The average molecular weight is 294 g/mol. The van der Waals surface area contributed by atoms with Crippen LogP contribution in [0.25, 0.3) is 0 Å². The summed E-state index contributed by atoms with van der Waals surface area (Å²) < 4.78 is 5.55. The van der Waals surface area contributed by atoms with E-state index in [2.05, 4.69) is 11.8 Å². The molecule has 116 valence electrons. The fourth-order valence-corrected chi connectivity index (χ4v) is 2.40. The van der Waals surface area contributed by atoms with Crippen LogP contribution in [0.2, 0.25) is 0 Å². The summed E-state index contributed by atoms with van der Waals surface area (Å²) >= 11 is 0. The average Bonchev–Trinajstić information content (AvgIpc) is 3.16. The van der Waals surface area contributed by atoms with E-state index in [4.69, 9.17) is 9.84 Å². The van der Waals surface area contributed by atoms with Crippen molar-refractivity contribution in [3.63, 3.8) is 0 Å². The molecule has 0 bridgehead atoms. The van der Waals surface area contributed by atoms with Crippen molar-refractivity contribution in [3.05, 3.63) is 23.3 Å². The first-order valence-electron chi connectivity index (χ1n) is 6.97. The predicted octanol–water partition coefficient (Wildman–Crippen LogP) is -0.111. The molecular weight excluding hydrogens is 272 g/mol. The van der Waals surface area contributed by atoms with Gasteiger partial charge in [0.15, 0.2) is 0 Å². The zero-order valence-electron chi connectivity index (χ0n) is 12.5. The second-order valence-corrected chi connectivity index (χ2v) is 6.18. The SMILES string of the molecule is CC(C)=CC[C@]12O[C@H]1[C@@H](O)C=C(C#CC(C)(O)CO)[C@H]2O. The molecule has 4 N–H and O–H groups in total. The molecule has 0 radical (unpaired) electrons. The number of rotatable bonds is 3. The number of epoxide rings is 1. The van der Waals surface area contributed by atoms with Crippen molar-refractivity contribution < 1.29 is 25.2 Å². The van der Waals surface area contributed by atoms with Crippen LogP contribution in [0.1, 0.15) is 27.2 Å². The molecule has 1 unspecified atom stereocenters. The van der Waals surface area contributed by atoms with Gasteiger partial charge in [-0.05, 0) is 26.8 Å². The summed E-state index contributed by atoms with van der Waals surface area (Å²) in [6, 6.07) is 0. The first kappa shape index (κ1) is 16.2. The van der Waals surface area contributed by atoms with Gasteiger partial charge in [-0.2, -0.15) is 0 Å². The van der Waals surface area contributed by atoms with Crippen LogP contribution in [0, 0.1) is 11.8 Å². The first-order chi connectivity index (χ1) is 9.72. The van der Waals surface area contributed by atoms with E-state index in [-0.39, 0.29) is 0 Å². The molecule has 0 aromatic heterocycles. The number of aliphatic hydroxyl groups is 4. The fourth-order valence-electron chi connectivity index (χ4n) is 2.40. The van der Waals surface area contributed by atoms with Crippen molar-refractivity contribution in [2.45, 2.75) is 56.7 Å². The molecule has 2 aliphatic rings. The molecule has 1 fully saturated rings. The number of hydrogen-bond donors (Lipinski definition) is 4. The van der Waals surface area contributed by atoms with Crippen LogP contribution in [0.3, 0.4) is 0 Å². The van der Waals surface area contributed by atoms with Gasteiger partial charge < -0.3 is 25.2 Å². The molecule has 0 amide bonds. The van der Waals surface area contributed by atoms with E-state index in [1.165, 1.54) is 13.0 Å². The van der Waals surface area contributed by atoms with Gasteiger partial charge in [-0.15, -0.1) is 0 Å². The molecular formula is C16H22O5. The summed E-state index contributed by atoms with van der Waals surface area (Å²) in [5, 5.41) is 39.1. The van der Waals surface area contributed by atoms with E-state index in [1.54, 1.807) is 0 Å². The van der Waals surface area contributed by atoms with E-state index >= 15 is 0 Å². The Labute approximate surface area is 124 Å². The minimum absolute atomic E-state index is 0.312. The van der Waals surface area contributed by atoms with Crippen LogP contribution in [0.15, 0.2) is 23.3 Å². The van der Waals surface area contributed by atoms with Gasteiger partial charge in [0.1, 0.15) is 29.5 Å². The minimum Gasteiger partial charge on any atom is -0.392 e. The molecule has 1 aliphatic heterocycles. The standard InChI is InChI=1S/C16H22O5/c1-10(2)4-7-16-13(19)11(5-6-15(3,20)9-17)8-12(18)14(16)21-16/h4,8,12-14,17-20H,7,9H2,1-3H3/t12-,13+,14-,15?,16+/m0/s1. The maximum atomic E-state index is 10.4. The Morgan fingerprint density at radius 1 is 1.48 bits per heavy atom. The highest BCUT2D eigenvalue weighted by molar-refractivity contribution is 5.44.